The molecule has 0 saturated carbocycles. The fourth-order valence-electron chi connectivity index (χ4n) is 2.68. The second kappa shape index (κ2) is 8.89. The molecule has 0 saturated heterocycles. The quantitative estimate of drug-likeness (QED) is 0.633. The molecule has 1 amide bonds. The highest BCUT2D eigenvalue weighted by Crippen LogP contribution is 2.25. The summed E-state index contributed by atoms with van der Waals surface area (Å²) in [5, 5.41) is 7.25. The Morgan fingerprint density at radius 2 is 2.00 bits per heavy atom. The first-order valence-corrected chi connectivity index (χ1v) is 9.45. The highest BCUT2D eigenvalue weighted by Gasteiger charge is 2.20. The number of ether oxygens (including phenoxy) is 1. The molecule has 1 aromatic heterocycles. The summed E-state index contributed by atoms with van der Waals surface area (Å²) in [5.41, 5.74) is 2.82. The molecule has 0 aliphatic carbocycles. The van der Waals surface area contributed by atoms with E-state index in [1.165, 1.54) is 0 Å². The van der Waals surface area contributed by atoms with Crippen molar-refractivity contribution in [1.82, 2.24) is 15.5 Å². The van der Waals surface area contributed by atoms with Gasteiger partial charge in [-0.15, -0.1) is 0 Å². The van der Waals surface area contributed by atoms with Gasteiger partial charge in [0.2, 0.25) is 11.7 Å². The third-order valence-corrected chi connectivity index (χ3v) is 4.81. The summed E-state index contributed by atoms with van der Waals surface area (Å²) in [4.78, 5) is 16.8. The molecular weight excluding hydrogens is 378 g/mol. The van der Waals surface area contributed by atoms with Crippen LogP contribution in [0.5, 0.6) is 5.75 Å². The number of nitrogens with one attached hydrogen (secondary N) is 1. The monoisotopic (exact) mass is 399 g/mol. The lowest BCUT2D eigenvalue weighted by molar-refractivity contribution is -0.128. The first kappa shape index (κ1) is 19.9. The summed E-state index contributed by atoms with van der Waals surface area (Å²) >= 11 is 6.15. The van der Waals surface area contributed by atoms with E-state index in [-0.39, 0.29) is 12.5 Å². The number of benzene rings is 2. The van der Waals surface area contributed by atoms with E-state index in [1.807, 2.05) is 51.1 Å². The van der Waals surface area contributed by atoms with Crippen LogP contribution in [0.15, 0.2) is 47.0 Å². The topological polar surface area (TPSA) is 77.2 Å². The summed E-state index contributed by atoms with van der Waals surface area (Å²) in [6.45, 7) is 6.00. The number of carbonyl (C=O) groups excluding carboxylic acids is 1. The van der Waals surface area contributed by atoms with Crippen LogP contribution in [-0.2, 0) is 11.3 Å². The predicted octanol–water partition coefficient (Wildman–Crippen LogP) is 4.48. The average Bonchev–Trinajstić information content (AvgIpc) is 3.16. The van der Waals surface area contributed by atoms with Crippen LogP contribution in [0.25, 0.3) is 11.4 Å². The van der Waals surface area contributed by atoms with Crippen LogP contribution in [0.3, 0.4) is 0 Å². The first-order valence-electron chi connectivity index (χ1n) is 9.07. The Morgan fingerprint density at radius 3 is 2.75 bits per heavy atom. The van der Waals surface area contributed by atoms with Crippen molar-refractivity contribution in [2.75, 3.05) is 0 Å². The van der Waals surface area contributed by atoms with E-state index in [2.05, 4.69) is 15.5 Å². The molecule has 1 N–H and O–H groups in total. The van der Waals surface area contributed by atoms with Crippen LogP contribution in [-0.4, -0.2) is 22.2 Å². The van der Waals surface area contributed by atoms with Crippen molar-refractivity contribution in [2.45, 2.75) is 39.8 Å². The van der Waals surface area contributed by atoms with Gasteiger partial charge in [-0.2, -0.15) is 4.98 Å². The van der Waals surface area contributed by atoms with E-state index >= 15 is 0 Å². The molecule has 7 heteroatoms. The minimum atomic E-state index is -0.605. The highest BCUT2D eigenvalue weighted by atomic mass is 35.5. The van der Waals surface area contributed by atoms with E-state index in [0.29, 0.717) is 34.5 Å². The molecule has 1 unspecified atom stereocenters. The summed E-state index contributed by atoms with van der Waals surface area (Å²) in [6, 6.07) is 13.0. The Labute approximate surface area is 168 Å². The number of rotatable bonds is 7. The van der Waals surface area contributed by atoms with E-state index in [4.69, 9.17) is 20.9 Å². The lowest BCUT2D eigenvalue weighted by atomic mass is 10.1. The largest absolute Gasteiger partial charge is 0.480 e. The van der Waals surface area contributed by atoms with E-state index in [0.717, 1.165) is 11.1 Å². The van der Waals surface area contributed by atoms with Gasteiger partial charge in [0, 0.05) is 5.56 Å². The third-order valence-electron chi connectivity index (χ3n) is 4.48. The number of aryl methyl sites for hydroxylation is 1. The summed E-state index contributed by atoms with van der Waals surface area (Å²) in [7, 11) is 0. The van der Waals surface area contributed by atoms with Crippen LogP contribution in [0.1, 0.15) is 30.4 Å². The maximum Gasteiger partial charge on any atom is 0.261 e. The van der Waals surface area contributed by atoms with Crippen LogP contribution >= 0.6 is 11.6 Å². The zero-order chi connectivity index (χ0) is 20.1. The fourth-order valence-corrected chi connectivity index (χ4v) is 2.90. The molecule has 0 aliphatic rings. The normalized spacial score (nSPS) is 11.9. The van der Waals surface area contributed by atoms with Gasteiger partial charge in [0.05, 0.1) is 11.6 Å². The molecule has 146 valence electrons. The molecular formula is C21H22ClN3O3. The van der Waals surface area contributed by atoms with Crippen molar-refractivity contribution in [3.63, 3.8) is 0 Å². The number of amides is 1. The van der Waals surface area contributed by atoms with Crippen LogP contribution < -0.4 is 10.1 Å². The van der Waals surface area contributed by atoms with Gasteiger partial charge in [-0.3, -0.25) is 4.79 Å². The van der Waals surface area contributed by atoms with Gasteiger partial charge in [0.25, 0.3) is 5.91 Å². The smallest absolute Gasteiger partial charge is 0.261 e. The predicted molar refractivity (Wildman–Crippen MR) is 107 cm³/mol. The molecule has 3 rings (SSSR count). The standard InChI is InChI=1S/C21H22ClN3O3/c1-4-17(27-18-11-7-8-13(2)14(18)3)21(26)23-12-19-24-20(25-28-19)15-9-5-6-10-16(15)22/h5-11,17H,4,12H2,1-3H3,(H,23,26). The summed E-state index contributed by atoms with van der Waals surface area (Å²) < 4.78 is 11.1. The molecule has 2 aromatic carbocycles. The lowest BCUT2D eigenvalue weighted by Crippen LogP contribution is -2.37. The van der Waals surface area contributed by atoms with Gasteiger partial charge in [-0.05, 0) is 49.6 Å². The SMILES string of the molecule is CCC(Oc1cccc(C)c1C)C(=O)NCc1nc(-c2ccccc2Cl)no1. The van der Waals surface area contributed by atoms with Crippen molar-refractivity contribution < 1.29 is 14.1 Å². The first-order chi connectivity index (χ1) is 13.5. The number of hydrogen-bond donors (Lipinski definition) is 1. The Balaban J connectivity index is 1.63. The number of carbonyl (C=O) groups is 1. The Hall–Kier alpha value is -2.86. The second-order valence-corrected chi connectivity index (χ2v) is 6.83. The van der Waals surface area contributed by atoms with Crippen molar-refractivity contribution in [2.24, 2.45) is 0 Å². The molecule has 1 atom stereocenters. The highest BCUT2D eigenvalue weighted by molar-refractivity contribution is 6.33. The Morgan fingerprint density at radius 1 is 1.21 bits per heavy atom. The summed E-state index contributed by atoms with van der Waals surface area (Å²) in [5.74, 6) is 1.15. The lowest BCUT2D eigenvalue weighted by Gasteiger charge is -2.18. The van der Waals surface area contributed by atoms with Crippen LogP contribution in [0, 0.1) is 13.8 Å². The number of halogens is 1. The van der Waals surface area contributed by atoms with Crippen molar-refractivity contribution in [1.29, 1.82) is 0 Å². The van der Waals surface area contributed by atoms with Gasteiger partial charge < -0.3 is 14.6 Å². The number of nitrogens with zero attached hydrogens (tertiary/aromatic N) is 2. The average molecular weight is 400 g/mol. The van der Waals surface area contributed by atoms with Gasteiger partial charge in [0.1, 0.15) is 5.75 Å². The second-order valence-electron chi connectivity index (χ2n) is 6.42. The number of hydrogen-bond acceptors (Lipinski definition) is 5. The van der Waals surface area contributed by atoms with E-state index in [9.17, 15) is 4.79 Å². The molecule has 0 fully saturated rings. The minimum Gasteiger partial charge on any atom is -0.480 e. The molecule has 0 radical (unpaired) electrons. The molecule has 3 aromatic rings. The zero-order valence-electron chi connectivity index (χ0n) is 16.0. The zero-order valence-corrected chi connectivity index (χ0v) is 16.8. The number of aromatic nitrogens is 2. The molecule has 6 nitrogen and oxygen atoms in total. The van der Waals surface area contributed by atoms with Crippen molar-refractivity contribution in [3.8, 4) is 17.1 Å². The Bertz CT molecular complexity index is 971. The molecule has 0 aliphatic heterocycles. The van der Waals surface area contributed by atoms with E-state index < -0.39 is 6.10 Å². The van der Waals surface area contributed by atoms with Gasteiger partial charge in [-0.25, -0.2) is 0 Å². The molecule has 28 heavy (non-hydrogen) atoms. The molecule has 1 heterocycles. The Kier molecular flexibility index (Phi) is 6.31. The van der Waals surface area contributed by atoms with Crippen LogP contribution in [0.2, 0.25) is 5.02 Å². The van der Waals surface area contributed by atoms with Gasteiger partial charge in [0.15, 0.2) is 6.10 Å². The fraction of sp³-hybridized carbons (Fsp3) is 0.286. The van der Waals surface area contributed by atoms with Crippen LogP contribution in [0.4, 0.5) is 0 Å². The van der Waals surface area contributed by atoms with Gasteiger partial charge in [-0.1, -0.05) is 47.9 Å². The van der Waals surface area contributed by atoms with Crippen molar-refractivity contribution in [3.05, 3.63) is 64.5 Å². The summed E-state index contributed by atoms with van der Waals surface area (Å²) in [6.07, 6.45) is -0.0695. The maximum absolute atomic E-state index is 12.5. The molecule has 0 bridgehead atoms. The molecule has 0 spiro atoms. The van der Waals surface area contributed by atoms with Gasteiger partial charge >= 0.3 is 0 Å². The third kappa shape index (κ3) is 4.51. The van der Waals surface area contributed by atoms with Crippen molar-refractivity contribution >= 4 is 17.5 Å². The van der Waals surface area contributed by atoms with E-state index in [1.54, 1.807) is 12.1 Å². The minimum absolute atomic E-state index is 0.114. The maximum atomic E-state index is 12.5.